The summed E-state index contributed by atoms with van der Waals surface area (Å²) in [6, 6.07) is -1.54. The number of aliphatic hydroxyl groups is 1. The Morgan fingerprint density at radius 3 is 2.42 bits per heavy atom. The Kier molecular flexibility index (Phi) is 8.89. The Morgan fingerprint density at radius 1 is 1.24 bits per heavy atom. The summed E-state index contributed by atoms with van der Waals surface area (Å²) in [7, 11) is 0. The highest BCUT2D eigenvalue weighted by Crippen LogP contribution is 2.59. The van der Waals surface area contributed by atoms with Crippen LogP contribution in [0.5, 0.6) is 0 Å². The lowest BCUT2D eigenvalue weighted by atomic mass is 9.70. The summed E-state index contributed by atoms with van der Waals surface area (Å²) in [5, 5.41) is 10.4. The van der Waals surface area contributed by atoms with E-state index in [1.54, 1.807) is 22.0 Å². The molecule has 1 N–H and O–H groups in total. The van der Waals surface area contributed by atoms with Gasteiger partial charge in [-0.25, -0.2) is 0 Å². The van der Waals surface area contributed by atoms with Crippen LogP contribution in [0.1, 0.15) is 74.1 Å². The standard InChI is InChI=1S/C30H48N2O6/c1-10-12-16-37-27(36)22-21-13-14-30(38-21)23(22)25(34)32(20(17-33)19(3)4)24(30)26(35)31(15-11-2)29(8,9)18-28(5,6)7/h10-11,19-24,33H,1-2,12-18H2,3-9H3/t20-,21+,22-,23-,24?,30?/m0/s1. The van der Waals surface area contributed by atoms with Gasteiger partial charge in [0, 0.05) is 12.1 Å². The Balaban J connectivity index is 2.10. The van der Waals surface area contributed by atoms with Gasteiger partial charge in [0.05, 0.1) is 37.2 Å². The average Bonchev–Trinajstić information content (AvgIpc) is 3.43. The largest absolute Gasteiger partial charge is 0.465 e. The molecule has 3 rings (SSSR count). The topological polar surface area (TPSA) is 96.4 Å². The fourth-order valence-electron chi connectivity index (χ4n) is 7.26. The van der Waals surface area contributed by atoms with Gasteiger partial charge in [-0.2, -0.15) is 0 Å². The number of amides is 2. The molecular formula is C30H48N2O6. The van der Waals surface area contributed by atoms with Gasteiger partial charge in [-0.15, -0.1) is 13.2 Å². The number of nitrogens with zero attached hydrogens (tertiary/aromatic N) is 2. The zero-order valence-corrected chi connectivity index (χ0v) is 24.4. The summed E-state index contributed by atoms with van der Waals surface area (Å²) in [4.78, 5) is 45.5. The minimum absolute atomic E-state index is 0.0522. The number of carbonyl (C=O) groups excluding carboxylic acids is 3. The van der Waals surface area contributed by atoms with Crippen molar-refractivity contribution in [1.82, 2.24) is 9.80 Å². The highest BCUT2D eigenvalue weighted by Gasteiger charge is 2.76. The second-order valence-corrected chi connectivity index (χ2v) is 13.3. The summed E-state index contributed by atoms with van der Waals surface area (Å²) in [5.74, 6) is -2.71. The van der Waals surface area contributed by atoms with E-state index in [1.165, 1.54) is 0 Å². The molecule has 8 nitrogen and oxygen atoms in total. The first kappa shape index (κ1) is 30.4. The van der Waals surface area contributed by atoms with Crippen LogP contribution in [0.15, 0.2) is 25.3 Å². The first-order valence-electron chi connectivity index (χ1n) is 14.0. The first-order valence-corrected chi connectivity index (χ1v) is 14.0. The summed E-state index contributed by atoms with van der Waals surface area (Å²) in [6.45, 7) is 22.1. The monoisotopic (exact) mass is 532 g/mol. The molecule has 3 aliphatic rings. The van der Waals surface area contributed by atoms with E-state index in [9.17, 15) is 19.5 Å². The van der Waals surface area contributed by atoms with E-state index >= 15 is 0 Å². The predicted octanol–water partition coefficient (Wildman–Crippen LogP) is 3.73. The molecular weight excluding hydrogens is 484 g/mol. The quantitative estimate of drug-likeness (QED) is 0.234. The Hall–Kier alpha value is -2.19. The second kappa shape index (κ2) is 11.1. The lowest BCUT2D eigenvalue weighted by molar-refractivity contribution is -0.158. The number of esters is 1. The van der Waals surface area contributed by atoms with Crippen LogP contribution < -0.4 is 0 Å². The van der Waals surface area contributed by atoms with Gasteiger partial charge in [0.2, 0.25) is 11.8 Å². The van der Waals surface area contributed by atoms with Crippen LogP contribution in [0, 0.1) is 23.2 Å². The van der Waals surface area contributed by atoms with Gasteiger partial charge >= 0.3 is 5.97 Å². The summed E-state index contributed by atoms with van der Waals surface area (Å²) < 4.78 is 12.0. The van der Waals surface area contributed by atoms with Crippen molar-refractivity contribution in [2.45, 2.75) is 103 Å². The Bertz CT molecular complexity index is 938. The number of carbonyl (C=O) groups is 3. The number of hydrogen-bond acceptors (Lipinski definition) is 6. The van der Waals surface area contributed by atoms with Crippen molar-refractivity contribution >= 4 is 17.8 Å². The third kappa shape index (κ3) is 5.31. The summed E-state index contributed by atoms with van der Waals surface area (Å²) in [6.07, 6.45) is 5.21. The number of hydrogen-bond donors (Lipinski definition) is 1. The maximum Gasteiger partial charge on any atom is 0.312 e. The van der Waals surface area contributed by atoms with Gasteiger partial charge in [0.1, 0.15) is 11.6 Å². The van der Waals surface area contributed by atoms with Crippen LogP contribution in [0.2, 0.25) is 0 Å². The second-order valence-electron chi connectivity index (χ2n) is 13.3. The molecule has 3 aliphatic heterocycles. The Labute approximate surface area is 228 Å². The minimum Gasteiger partial charge on any atom is -0.465 e. The molecule has 6 atom stereocenters. The molecule has 214 valence electrons. The van der Waals surface area contributed by atoms with E-state index in [-0.39, 0.29) is 36.4 Å². The van der Waals surface area contributed by atoms with Crippen LogP contribution in [0.3, 0.4) is 0 Å². The van der Waals surface area contributed by atoms with E-state index in [0.717, 1.165) is 6.42 Å². The highest BCUT2D eigenvalue weighted by molar-refractivity contribution is 5.98. The van der Waals surface area contributed by atoms with Crippen molar-refractivity contribution in [3.05, 3.63) is 25.3 Å². The molecule has 0 aromatic heterocycles. The third-order valence-electron chi connectivity index (χ3n) is 8.40. The zero-order valence-electron chi connectivity index (χ0n) is 24.4. The van der Waals surface area contributed by atoms with E-state index in [1.807, 2.05) is 27.7 Å². The van der Waals surface area contributed by atoms with Crippen LogP contribution in [-0.2, 0) is 23.9 Å². The molecule has 38 heavy (non-hydrogen) atoms. The van der Waals surface area contributed by atoms with Gasteiger partial charge in [-0.05, 0) is 50.9 Å². The van der Waals surface area contributed by atoms with E-state index in [4.69, 9.17) is 9.47 Å². The molecule has 0 aromatic rings. The van der Waals surface area contributed by atoms with Crippen LogP contribution >= 0.6 is 0 Å². The predicted molar refractivity (Wildman–Crippen MR) is 146 cm³/mol. The molecule has 2 amide bonds. The van der Waals surface area contributed by atoms with Gasteiger partial charge in [-0.3, -0.25) is 14.4 Å². The maximum atomic E-state index is 14.7. The number of rotatable bonds is 12. The first-order chi connectivity index (χ1) is 17.7. The molecule has 2 unspecified atom stereocenters. The summed E-state index contributed by atoms with van der Waals surface area (Å²) in [5.41, 5.74) is -1.73. The molecule has 3 heterocycles. The Morgan fingerprint density at radius 2 is 1.89 bits per heavy atom. The number of ether oxygens (including phenoxy) is 2. The molecule has 2 bridgehead atoms. The molecule has 0 aromatic carbocycles. The van der Waals surface area contributed by atoms with Gasteiger partial charge in [0.15, 0.2) is 0 Å². The molecule has 3 saturated heterocycles. The number of aliphatic hydroxyl groups excluding tert-OH is 1. The van der Waals surface area contributed by atoms with Gasteiger partial charge in [-0.1, -0.05) is 46.8 Å². The zero-order chi connectivity index (χ0) is 28.6. The lowest BCUT2D eigenvalue weighted by Crippen LogP contribution is -2.63. The molecule has 1 spiro atoms. The lowest BCUT2D eigenvalue weighted by Gasteiger charge is -2.46. The number of fused-ring (bicyclic) bond motifs is 1. The van der Waals surface area contributed by atoms with Crippen molar-refractivity contribution in [3.8, 4) is 0 Å². The van der Waals surface area contributed by atoms with Crippen LogP contribution in [0.4, 0.5) is 0 Å². The van der Waals surface area contributed by atoms with Crippen molar-refractivity contribution in [3.63, 3.8) is 0 Å². The van der Waals surface area contributed by atoms with Crippen LogP contribution in [0.25, 0.3) is 0 Å². The van der Waals surface area contributed by atoms with E-state index < -0.39 is 47.1 Å². The fraction of sp³-hybridized carbons (Fsp3) is 0.767. The SMILES string of the molecule is C=CCCOC(=O)[C@@H]1[C@H]2C(=O)N([C@@H](CO)C(C)C)C(C(=O)N(CC=C)C(C)(C)CC(C)(C)C)C23CC[C@H]1O3. The van der Waals surface area contributed by atoms with Crippen molar-refractivity contribution in [2.24, 2.45) is 23.2 Å². The molecule has 0 radical (unpaired) electrons. The average molecular weight is 533 g/mol. The smallest absolute Gasteiger partial charge is 0.312 e. The van der Waals surface area contributed by atoms with Crippen LogP contribution in [-0.4, -0.2) is 81.8 Å². The van der Waals surface area contributed by atoms with E-state index in [0.29, 0.717) is 25.8 Å². The molecule has 8 heteroatoms. The fourth-order valence-corrected chi connectivity index (χ4v) is 7.26. The molecule has 0 aliphatic carbocycles. The van der Waals surface area contributed by atoms with Crippen molar-refractivity contribution in [1.29, 1.82) is 0 Å². The maximum absolute atomic E-state index is 14.7. The normalized spacial score (nSPS) is 29.4. The highest BCUT2D eigenvalue weighted by atomic mass is 16.6. The molecule has 0 saturated carbocycles. The van der Waals surface area contributed by atoms with Gasteiger partial charge < -0.3 is 24.4 Å². The van der Waals surface area contributed by atoms with Gasteiger partial charge in [0.25, 0.3) is 0 Å². The third-order valence-corrected chi connectivity index (χ3v) is 8.40. The number of likely N-dealkylation sites (tertiary alicyclic amines) is 1. The summed E-state index contributed by atoms with van der Waals surface area (Å²) >= 11 is 0. The molecule has 3 fully saturated rings. The van der Waals surface area contributed by atoms with Crippen molar-refractivity contribution in [2.75, 3.05) is 19.8 Å². The van der Waals surface area contributed by atoms with Crippen molar-refractivity contribution < 1.29 is 29.0 Å². The minimum atomic E-state index is -1.14. The van der Waals surface area contributed by atoms with E-state index in [2.05, 4.69) is 33.9 Å².